The van der Waals surface area contributed by atoms with Gasteiger partial charge in [-0.25, -0.2) is 29.9 Å². The molecule has 0 unspecified atom stereocenters. The molecule has 0 spiro atoms. The lowest BCUT2D eigenvalue weighted by molar-refractivity contribution is 0.668. The summed E-state index contributed by atoms with van der Waals surface area (Å²) in [5.74, 6) is 0.716. The van der Waals surface area contributed by atoms with E-state index in [1.807, 2.05) is 78.9 Å². The topological polar surface area (TPSA) is 117 Å². The number of benzene rings is 20. The number of hydrogen-bond acceptors (Lipinski definition) is 9. The lowest BCUT2D eigenvalue weighted by Crippen LogP contribution is -1.97. The van der Waals surface area contributed by atoms with Gasteiger partial charge in [-0.15, -0.1) is 0 Å². The van der Waals surface area contributed by atoms with Crippen LogP contribution >= 0.6 is 0 Å². The second-order valence-corrected chi connectivity index (χ2v) is 34.1. The molecule has 0 bridgehead atoms. The third-order valence-electron chi connectivity index (χ3n) is 26.1. The third kappa shape index (κ3) is 14.6. The molecule has 7 heterocycles. The fourth-order valence-corrected chi connectivity index (χ4v) is 19.5. The average Bonchev–Trinajstić information content (AvgIpc) is 1.64. The molecule has 0 aliphatic heterocycles. The number of aromatic nitrogens is 6. The van der Waals surface area contributed by atoms with Gasteiger partial charge in [0.15, 0.2) is 5.82 Å². The van der Waals surface area contributed by atoms with Crippen LogP contribution in [0.2, 0.25) is 0 Å². The minimum atomic E-state index is 0.716. The van der Waals surface area contributed by atoms with E-state index in [-0.39, 0.29) is 0 Å². The highest BCUT2D eigenvalue weighted by Crippen LogP contribution is 2.47. The number of nitrogens with zero attached hydrogens (tertiary/aromatic N) is 6. The second kappa shape index (κ2) is 33.7. The molecule has 630 valence electrons. The lowest BCUT2D eigenvalue weighted by Gasteiger charge is -2.16. The van der Waals surface area contributed by atoms with Crippen molar-refractivity contribution in [1.82, 2.24) is 29.9 Å². The first-order valence-electron chi connectivity index (χ1n) is 45.5. The molecule has 9 nitrogen and oxygen atoms in total. The molecule has 7 aromatic heterocycles. The highest BCUT2D eigenvalue weighted by atomic mass is 16.3. The van der Waals surface area contributed by atoms with E-state index in [4.69, 9.17) is 43.2 Å². The number of rotatable bonds is 12. The van der Waals surface area contributed by atoms with E-state index in [0.717, 1.165) is 243 Å². The maximum atomic E-state index is 6.27. The van der Waals surface area contributed by atoms with Crippen molar-refractivity contribution in [3.63, 3.8) is 0 Å². The van der Waals surface area contributed by atoms with Crippen LogP contribution in [0.5, 0.6) is 0 Å². The Kier molecular flexibility index (Phi) is 19.7. The molecule has 27 rings (SSSR count). The summed E-state index contributed by atoms with van der Waals surface area (Å²) in [4.78, 5) is 31.5. The third-order valence-corrected chi connectivity index (χ3v) is 26.1. The highest BCUT2D eigenvalue weighted by molar-refractivity contribution is 6.18. The molecule has 0 N–H and O–H groups in total. The molecule has 9 heteroatoms. The van der Waals surface area contributed by atoms with Gasteiger partial charge in [0, 0.05) is 92.8 Å². The van der Waals surface area contributed by atoms with Gasteiger partial charge in [-0.2, -0.15) is 0 Å². The van der Waals surface area contributed by atoms with Gasteiger partial charge in [-0.1, -0.05) is 388 Å². The fourth-order valence-electron chi connectivity index (χ4n) is 19.5. The maximum Gasteiger partial charge on any atom is 0.160 e. The van der Waals surface area contributed by atoms with Crippen LogP contribution in [0.25, 0.3) is 266 Å². The molecule has 27 aromatic rings. The summed E-state index contributed by atoms with van der Waals surface area (Å²) in [5.41, 5.74) is 33.4. The normalized spacial score (nSPS) is 11.6. The molecule has 0 saturated heterocycles. The monoisotopic (exact) mass is 1720 g/mol. The first kappa shape index (κ1) is 79.0. The molecule has 0 radical (unpaired) electrons. The first-order valence-corrected chi connectivity index (χ1v) is 45.5. The van der Waals surface area contributed by atoms with Crippen molar-refractivity contribution in [1.29, 1.82) is 0 Å². The smallest absolute Gasteiger partial charge is 0.160 e. The van der Waals surface area contributed by atoms with Gasteiger partial charge < -0.3 is 13.3 Å². The van der Waals surface area contributed by atoms with Gasteiger partial charge in [0.2, 0.25) is 0 Å². The zero-order chi connectivity index (χ0) is 89.2. The molecule has 20 aromatic carbocycles. The molecular formula is C126H78N6O3. The van der Waals surface area contributed by atoms with E-state index < -0.39 is 0 Å². The number of furan rings is 3. The summed E-state index contributed by atoms with van der Waals surface area (Å²) in [7, 11) is 0. The van der Waals surface area contributed by atoms with Crippen LogP contribution in [0, 0.1) is 0 Å². The Morgan fingerprint density at radius 2 is 0.585 bits per heavy atom. The Bertz CT molecular complexity index is 9300. The fraction of sp³-hybridized carbons (Fsp3) is 0. The van der Waals surface area contributed by atoms with E-state index in [1.165, 1.54) is 16.3 Å². The van der Waals surface area contributed by atoms with Crippen molar-refractivity contribution in [2.45, 2.75) is 0 Å². The van der Waals surface area contributed by atoms with Crippen LogP contribution in [0.4, 0.5) is 0 Å². The molecule has 135 heavy (non-hydrogen) atoms. The van der Waals surface area contributed by atoms with Crippen molar-refractivity contribution in [2.24, 2.45) is 0 Å². The minimum absolute atomic E-state index is 0.716. The minimum Gasteiger partial charge on any atom is -0.456 e. The van der Waals surface area contributed by atoms with Gasteiger partial charge in [-0.3, -0.25) is 0 Å². The lowest BCUT2D eigenvalue weighted by atomic mass is 9.89. The van der Waals surface area contributed by atoms with Gasteiger partial charge >= 0.3 is 0 Å². The Labute approximate surface area is 776 Å². The molecule has 0 fully saturated rings. The predicted molar refractivity (Wildman–Crippen MR) is 558 cm³/mol. The summed E-state index contributed by atoms with van der Waals surface area (Å²) in [6, 6.07) is 165. The summed E-state index contributed by atoms with van der Waals surface area (Å²) in [6.07, 6.45) is 0. The summed E-state index contributed by atoms with van der Waals surface area (Å²) >= 11 is 0. The van der Waals surface area contributed by atoms with Crippen LogP contribution in [-0.2, 0) is 0 Å². The molecule has 0 atom stereocenters. The van der Waals surface area contributed by atoms with E-state index in [0.29, 0.717) is 5.82 Å². The number of fused-ring (bicyclic) bond motifs is 17. The quantitative estimate of drug-likeness (QED) is 0.110. The van der Waals surface area contributed by atoms with E-state index in [1.54, 1.807) is 0 Å². The molecule has 0 aliphatic carbocycles. The van der Waals surface area contributed by atoms with Crippen LogP contribution in [0.15, 0.2) is 486 Å². The summed E-state index contributed by atoms with van der Waals surface area (Å²) in [5, 5.41) is 15.8. The van der Waals surface area contributed by atoms with Crippen LogP contribution in [-0.4, -0.2) is 29.9 Å². The Hall–Kier alpha value is -18.2. The molecular weight excluding hydrogens is 1650 g/mol. The van der Waals surface area contributed by atoms with E-state index >= 15 is 0 Å². The molecule has 0 amide bonds. The van der Waals surface area contributed by atoms with Gasteiger partial charge in [0.1, 0.15) is 33.5 Å². The van der Waals surface area contributed by atoms with Gasteiger partial charge in [-0.05, 0) is 162 Å². The largest absolute Gasteiger partial charge is 0.456 e. The van der Waals surface area contributed by atoms with Crippen molar-refractivity contribution >= 4 is 131 Å². The maximum absolute atomic E-state index is 6.27. The van der Waals surface area contributed by atoms with Crippen molar-refractivity contribution in [3.8, 4) is 135 Å². The Morgan fingerprint density at radius 1 is 0.148 bits per heavy atom. The Balaban J connectivity index is 0.000000108. The second-order valence-electron chi connectivity index (χ2n) is 34.1. The summed E-state index contributed by atoms with van der Waals surface area (Å²) in [6.45, 7) is 0. The molecule has 0 saturated carbocycles. The standard InChI is InChI=1S/C46H28N2O.C42H26N2O.C38H24N2O/c1-2-13-30(14-3-1)44-45(32-25-24-29-12-4-5-15-31(29)28-32)47-40-27-26-36-34(19-10-21-38(36)46(40)48-44)33-16-6-7-17-35(33)37-20-11-23-42-43(37)39-18-8-9-22-41(39)49-42;1-2-9-27(10-3-1)31-12-8-13-33(25-31)42-43-40(36-23-21-29-11-4-5-14-34(29)41(36)44-42)30-19-17-28(18-20-30)32-22-24-39-37(26-32)35-15-6-7-16-38(35)45-39;1-3-10-26(11-4-1)32-23-22-30-34(39-32)24-33(40-38(30)28-12-5-2-6-13-28)27-20-18-25(19-21-27)29-15-9-17-36-37(29)31-14-7-8-16-35(31)41-36/h1-28H;1-26H;1-24H. The van der Waals surface area contributed by atoms with Crippen molar-refractivity contribution in [3.05, 3.63) is 473 Å². The Morgan fingerprint density at radius 3 is 1.31 bits per heavy atom. The SMILES string of the molecule is c1ccc(-c2ccc3c(-c4ccccc4)nc(-c4ccc(-c5cccc6oc7ccccc7c56)cc4)cc3n2)cc1.c1ccc(-c2cccc(-c3nc(-c4ccc(-c5ccc6oc7ccccc7c6c5)cc4)c4ccc5ccccc5c4n3)c2)cc1.c1ccc(-c2nc3c(ccc4c(-c5ccccc5-c5cccc6oc7ccccc7c56)cccc43)nc2-c2ccc3ccccc3c2)cc1. The van der Waals surface area contributed by atoms with Crippen molar-refractivity contribution < 1.29 is 13.3 Å². The first-order chi connectivity index (χ1) is 66.9. The number of pyridine rings is 2. The highest BCUT2D eigenvalue weighted by Gasteiger charge is 2.24. The number of hydrogen-bond donors (Lipinski definition) is 0. The van der Waals surface area contributed by atoms with Gasteiger partial charge in [0.25, 0.3) is 0 Å². The van der Waals surface area contributed by atoms with Gasteiger partial charge in [0.05, 0.1) is 56.2 Å². The predicted octanol–water partition coefficient (Wildman–Crippen LogP) is 34.1. The zero-order valence-electron chi connectivity index (χ0n) is 72.9. The van der Waals surface area contributed by atoms with E-state index in [2.05, 4.69) is 394 Å². The average molecular weight is 1720 g/mol. The number of para-hydroxylation sites is 3. The van der Waals surface area contributed by atoms with Crippen LogP contribution in [0.1, 0.15) is 0 Å². The van der Waals surface area contributed by atoms with Crippen LogP contribution < -0.4 is 0 Å². The van der Waals surface area contributed by atoms with E-state index in [9.17, 15) is 0 Å². The zero-order valence-corrected chi connectivity index (χ0v) is 72.9. The van der Waals surface area contributed by atoms with Crippen LogP contribution in [0.3, 0.4) is 0 Å². The summed E-state index contributed by atoms with van der Waals surface area (Å²) < 4.78 is 18.5. The molecule has 0 aliphatic rings. The van der Waals surface area contributed by atoms with Crippen molar-refractivity contribution in [2.75, 3.05) is 0 Å².